The zero-order valence-corrected chi connectivity index (χ0v) is 25.5. The highest BCUT2D eigenvalue weighted by atomic mass is 16.6. The molecule has 1 saturated heterocycles. The Bertz CT molecular complexity index is 1180. The van der Waals surface area contributed by atoms with Crippen LogP contribution in [0.5, 0.6) is 11.5 Å². The molecule has 4 rings (SSSR count). The number of rotatable bonds is 10. The van der Waals surface area contributed by atoms with Gasteiger partial charge in [-0.05, 0) is 63.3 Å². The van der Waals surface area contributed by atoms with Crippen LogP contribution in [0.2, 0.25) is 0 Å². The third kappa shape index (κ3) is 8.32. The summed E-state index contributed by atoms with van der Waals surface area (Å²) in [7, 11) is 1.24. The highest BCUT2D eigenvalue weighted by molar-refractivity contribution is 5.90. The van der Waals surface area contributed by atoms with Crippen molar-refractivity contribution in [2.75, 3.05) is 26.9 Å². The number of likely N-dealkylation sites (tertiary alicyclic amines) is 1. The van der Waals surface area contributed by atoms with Crippen molar-refractivity contribution >= 4 is 24.1 Å². The van der Waals surface area contributed by atoms with Crippen molar-refractivity contribution < 1.29 is 42.9 Å². The van der Waals surface area contributed by atoms with Gasteiger partial charge in [0.15, 0.2) is 11.5 Å². The summed E-state index contributed by atoms with van der Waals surface area (Å²) in [4.78, 5) is 55.3. The Labute approximate surface area is 252 Å². The molecule has 0 spiro atoms. The number of carbonyl (C=O) groups is 4. The Morgan fingerprint density at radius 2 is 1.72 bits per heavy atom. The van der Waals surface area contributed by atoms with Crippen LogP contribution in [0.1, 0.15) is 70.4 Å². The summed E-state index contributed by atoms with van der Waals surface area (Å²) >= 11 is 0. The Hall–Kier alpha value is -3.96. The van der Waals surface area contributed by atoms with E-state index in [0.29, 0.717) is 50.6 Å². The number of esters is 1. The van der Waals surface area contributed by atoms with E-state index in [0.717, 1.165) is 30.4 Å². The van der Waals surface area contributed by atoms with Crippen molar-refractivity contribution in [3.8, 4) is 11.5 Å². The number of carbonyl (C=O) groups excluding carboxylic acids is 4. The van der Waals surface area contributed by atoms with Gasteiger partial charge >= 0.3 is 18.2 Å². The monoisotopic (exact) mass is 601 g/mol. The van der Waals surface area contributed by atoms with E-state index in [-0.39, 0.29) is 13.0 Å². The number of amides is 3. The molecule has 3 heterocycles. The molecule has 0 aromatic heterocycles. The maximum Gasteiger partial charge on any atom is 0.410 e. The Kier molecular flexibility index (Phi) is 10.4. The number of fused-ring (bicyclic) bond motifs is 2. The molecule has 12 heteroatoms. The van der Waals surface area contributed by atoms with Crippen LogP contribution in [-0.4, -0.2) is 84.5 Å². The summed E-state index contributed by atoms with van der Waals surface area (Å²) in [5, 5.41) is 2.69. The van der Waals surface area contributed by atoms with Crippen LogP contribution in [0.3, 0.4) is 0 Å². The fourth-order valence-corrected chi connectivity index (χ4v) is 5.49. The molecule has 0 unspecified atom stereocenters. The third-order valence-electron chi connectivity index (χ3n) is 7.52. The molecule has 1 N–H and O–H groups in total. The highest BCUT2D eigenvalue weighted by Gasteiger charge is 2.45. The number of unbranched alkanes of at least 4 members (excludes halogenated alkanes) is 3. The first-order chi connectivity index (χ1) is 20.5. The normalized spacial score (nSPS) is 19.7. The topological polar surface area (TPSA) is 133 Å². The SMILES string of the molecule is C=CCCCCC[C@H](NC(=O)OC(C)(C)C)C(=O)N1C[C@H](OC(=O)N2Cc3cc4c(cc3C2)OCCO4)C[C@H]1C(=O)OC. The fraction of sp³-hybridized carbons (Fsp3) is 0.613. The molecule has 0 bridgehead atoms. The summed E-state index contributed by atoms with van der Waals surface area (Å²) < 4.78 is 27.5. The molecule has 1 aromatic carbocycles. The lowest BCUT2D eigenvalue weighted by atomic mass is 10.1. The second-order valence-corrected chi connectivity index (χ2v) is 12.0. The van der Waals surface area contributed by atoms with E-state index in [9.17, 15) is 19.2 Å². The van der Waals surface area contributed by atoms with Crippen LogP contribution >= 0.6 is 0 Å². The molecule has 3 amide bonds. The first-order valence-corrected chi connectivity index (χ1v) is 14.8. The number of methoxy groups -OCH3 is 1. The van der Waals surface area contributed by atoms with Crippen molar-refractivity contribution in [1.82, 2.24) is 15.1 Å². The third-order valence-corrected chi connectivity index (χ3v) is 7.52. The first-order valence-electron chi connectivity index (χ1n) is 14.8. The van der Waals surface area contributed by atoms with E-state index in [2.05, 4.69) is 11.9 Å². The molecule has 43 heavy (non-hydrogen) atoms. The summed E-state index contributed by atoms with van der Waals surface area (Å²) in [5.41, 5.74) is 1.14. The first kappa shape index (κ1) is 32.0. The highest BCUT2D eigenvalue weighted by Crippen LogP contribution is 2.37. The smallest absolute Gasteiger partial charge is 0.410 e. The average molecular weight is 602 g/mol. The molecule has 0 aliphatic carbocycles. The second-order valence-electron chi connectivity index (χ2n) is 12.0. The van der Waals surface area contributed by atoms with Crippen LogP contribution in [-0.2, 0) is 36.9 Å². The van der Waals surface area contributed by atoms with E-state index < -0.39 is 47.9 Å². The van der Waals surface area contributed by atoms with Crippen molar-refractivity contribution in [2.45, 2.75) is 96.2 Å². The predicted octanol–water partition coefficient (Wildman–Crippen LogP) is 4.08. The Morgan fingerprint density at radius 3 is 2.30 bits per heavy atom. The van der Waals surface area contributed by atoms with Gasteiger partial charge in [-0.25, -0.2) is 14.4 Å². The minimum atomic E-state index is -0.962. The van der Waals surface area contributed by atoms with Gasteiger partial charge in [0.05, 0.1) is 13.7 Å². The molecule has 1 aromatic rings. The van der Waals surface area contributed by atoms with Gasteiger partial charge in [0.25, 0.3) is 0 Å². The summed E-state index contributed by atoms with van der Waals surface area (Å²) in [5.74, 6) is 0.235. The molecule has 3 aliphatic heterocycles. The van der Waals surface area contributed by atoms with Gasteiger partial charge in [0, 0.05) is 19.5 Å². The number of nitrogens with zero attached hydrogens (tertiary/aromatic N) is 2. The Morgan fingerprint density at radius 1 is 1.07 bits per heavy atom. The summed E-state index contributed by atoms with van der Waals surface area (Å²) in [6.45, 7) is 10.6. The van der Waals surface area contributed by atoms with Crippen LogP contribution in [0.25, 0.3) is 0 Å². The van der Waals surface area contributed by atoms with Crippen LogP contribution in [0, 0.1) is 0 Å². The van der Waals surface area contributed by atoms with E-state index >= 15 is 0 Å². The molecule has 3 atom stereocenters. The summed E-state index contributed by atoms with van der Waals surface area (Å²) in [6, 6.07) is 1.88. The van der Waals surface area contributed by atoms with Crippen LogP contribution < -0.4 is 14.8 Å². The van der Waals surface area contributed by atoms with Crippen LogP contribution in [0.15, 0.2) is 24.8 Å². The molecule has 3 aliphatic rings. The van der Waals surface area contributed by atoms with E-state index in [4.69, 9.17) is 23.7 Å². The number of allylic oxidation sites excluding steroid dienone is 1. The molecule has 236 valence electrons. The lowest BCUT2D eigenvalue weighted by Gasteiger charge is -2.29. The van der Waals surface area contributed by atoms with Crippen molar-refractivity contribution in [2.24, 2.45) is 0 Å². The molecule has 1 fully saturated rings. The maximum absolute atomic E-state index is 13.8. The predicted molar refractivity (Wildman–Crippen MR) is 156 cm³/mol. The molecule has 0 radical (unpaired) electrons. The van der Waals surface area contributed by atoms with Crippen molar-refractivity contribution in [1.29, 1.82) is 0 Å². The van der Waals surface area contributed by atoms with E-state index in [1.807, 2.05) is 18.2 Å². The van der Waals surface area contributed by atoms with Gasteiger partial charge in [-0.2, -0.15) is 0 Å². The van der Waals surface area contributed by atoms with Gasteiger partial charge in [-0.15, -0.1) is 6.58 Å². The molecular formula is C31H43N3O9. The number of ether oxygens (including phenoxy) is 5. The fourth-order valence-electron chi connectivity index (χ4n) is 5.49. The molecule has 12 nitrogen and oxygen atoms in total. The standard InChI is InChI=1S/C31H43N3O9/c1-6-7-8-9-10-11-23(32-29(37)43-31(2,3)4)27(35)34-19-22(16-24(34)28(36)39-5)42-30(38)33-17-20-14-25-26(15-21(20)18-33)41-13-12-40-25/h6,14-15,22-24H,1,7-13,16-19H2,2-5H3,(H,32,37)/t22-,23+,24+/m1/s1. The largest absolute Gasteiger partial charge is 0.486 e. The zero-order chi connectivity index (χ0) is 31.1. The van der Waals surface area contributed by atoms with Crippen LogP contribution in [0.4, 0.5) is 9.59 Å². The van der Waals surface area contributed by atoms with E-state index in [1.165, 1.54) is 12.0 Å². The number of hydrogen-bond donors (Lipinski definition) is 1. The number of benzene rings is 1. The quantitative estimate of drug-likeness (QED) is 0.182. The van der Waals surface area contributed by atoms with Gasteiger partial charge in [-0.1, -0.05) is 18.9 Å². The van der Waals surface area contributed by atoms with E-state index in [1.54, 1.807) is 25.7 Å². The lowest BCUT2D eigenvalue weighted by molar-refractivity contribution is -0.151. The second kappa shape index (κ2) is 14.0. The van der Waals surface area contributed by atoms with Gasteiger partial charge in [-0.3, -0.25) is 9.69 Å². The maximum atomic E-state index is 13.8. The number of nitrogens with one attached hydrogen (secondary N) is 1. The Balaban J connectivity index is 1.42. The molecule has 0 saturated carbocycles. The van der Waals surface area contributed by atoms with Crippen molar-refractivity contribution in [3.63, 3.8) is 0 Å². The lowest BCUT2D eigenvalue weighted by Crippen LogP contribution is -2.52. The molecular weight excluding hydrogens is 558 g/mol. The minimum absolute atomic E-state index is 0.00985. The summed E-state index contributed by atoms with van der Waals surface area (Å²) in [6.07, 6.45) is 3.54. The van der Waals surface area contributed by atoms with Crippen molar-refractivity contribution in [3.05, 3.63) is 35.9 Å². The average Bonchev–Trinajstić information content (AvgIpc) is 3.57. The zero-order valence-electron chi connectivity index (χ0n) is 25.5. The van der Waals surface area contributed by atoms with Gasteiger partial charge in [0.2, 0.25) is 5.91 Å². The van der Waals surface area contributed by atoms with Gasteiger partial charge in [0.1, 0.15) is 37.0 Å². The van der Waals surface area contributed by atoms with Gasteiger partial charge < -0.3 is 33.9 Å². The number of hydrogen-bond acceptors (Lipinski definition) is 9. The number of alkyl carbamates (subject to hydrolysis) is 1. The minimum Gasteiger partial charge on any atom is -0.486 e.